The van der Waals surface area contributed by atoms with Gasteiger partial charge < -0.3 is 20.3 Å². The third-order valence-electron chi connectivity index (χ3n) is 2.84. The minimum absolute atomic E-state index is 0.124. The van der Waals surface area contributed by atoms with Gasteiger partial charge >= 0.3 is 6.03 Å². The fourth-order valence-corrected chi connectivity index (χ4v) is 1.86. The van der Waals surface area contributed by atoms with Crippen molar-refractivity contribution in [2.45, 2.75) is 6.10 Å². The molecule has 2 aromatic rings. The standard InChI is InChI=1S/C15H14ClN5O4/c16-9-1-2-13(25-8-11(23)7-22)12(3-9)20-15(24)21-14-6-18-10(4-17)5-19-14/h1-3,5-6,11,22-23H,7-8H2,(H2,19,20,21,24)/t11-/m1/s1. The van der Waals surface area contributed by atoms with Crippen LogP contribution in [0.25, 0.3) is 0 Å². The van der Waals surface area contributed by atoms with Crippen LogP contribution in [0.3, 0.4) is 0 Å². The molecule has 130 valence electrons. The third-order valence-corrected chi connectivity index (χ3v) is 3.07. The minimum atomic E-state index is -1.05. The normalized spacial score (nSPS) is 11.3. The van der Waals surface area contributed by atoms with Crippen LogP contribution in [-0.2, 0) is 0 Å². The van der Waals surface area contributed by atoms with Gasteiger partial charge in [-0.05, 0) is 18.2 Å². The van der Waals surface area contributed by atoms with Gasteiger partial charge in [0, 0.05) is 5.02 Å². The van der Waals surface area contributed by atoms with E-state index >= 15 is 0 Å². The number of ether oxygens (including phenoxy) is 1. The van der Waals surface area contributed by atoms with Crippen molar-refractivity contribution in [1.82, 2.24) is 9.97 Å². The number of rotatable bonds is 6. The number of hydrogen-bond acceptors (Lipinski definition) is 7. The molecule has 0 saturated carbocycles. The van der Waals surface area contributed by atoms with Gasteiger partial charge in [0.15, 0.2) is 11.5 Å². The van der Waals surface area contributed by atoms with Crippen molar-refractivity contribution in [2.75, 3.05) is 23.8 Å². The Bertz CT molecular complexity index is 778. The average Bonchev–Trinajstić information content (AvgIpc) is 2.61. The van der Waals surface area contributed by atoms with E-state index in [1.807, 2.05) is 6.07 Å². The summed E-state index contributed by atoms with van der Waals surface area (Å²) >= 11 is 5.91. The number of urea groups is 1. The molecular formula is C15H14ClN5O4. The number of nitrogens with zero attached hydrogens (tertiary/aromatic N) is 3. The molecule has 9 nitrogen and oxygen atoms in total. The van der Waals surface area contributed by atoms with Gasteiger partial charge in [-0.25, -0.2) is 14.8 Å². The fourth-order valence-electron chi connectivity index (χ4n) is 1.68. The van der Waals surface area contributed by atoms with Gasteiger partial charge in [0.2, 0.25) is 0 Å². The second-order valence-corrected chi connectivity index (χ2v) is 5.20. The summed E-state index contributed by atoms with van der Waals surface area (Å²) in [5.41, 5.74) is 0.385. The Kier molecular flexibility index (Phi) is 6.47. The molecule has 1 atom stereocenters. The van der Waals surface area contributed by atoms with Crippen LogP contribution in [-0.4, -0.2) is 45.5 Å². The maximum atomic E-state index is 12.1. The van der Waals surface area contributed by atoms with E-state index in [1.165, 1.54) is 24.5 Å². The molecule has 1 aromatic carbocycles. The van der Waals surface area contributed by atoms with Gasteiger partial charge in [0.1, 0.15) is 24.5 Å². The molecule has 0 aliphatic heterocycles. The number of aliphatic hydroxyl groups excluding tert-OH is 2. The quantitative estimate of drug-likeness (QED) is 0.607. The largest absolute Gasteiger partial charge is 0.489 e. The molecule has 0 radical (unpaired) electrons. The molecule has 1 aromatic heterocycles. The molecule has 2 rings (SSSR count). The Morgan fingerprint density at radius 1 is 1.36 bits per heavy atom. The first-order chi connectivity index (χ1) is 12.0. The van der Waals surface area contributed by atoms with Crippen molar-refractivity contribution in [1.29, 1.82) is 5.26 Å². The lowest BCUT2D eigenvalue weighted by Crippen LogP contribution is -2.23. The number of carbonyl (C=O) groups excluding carboxylic acids is 1. The van der Waals surface area contributed by atoms with Crippen molar-refractivity contribution in [3.8, 4) is 11.8 Å². The van der Waals surface area contributed by atoms with Crippen LogP contribution >= 0.6 is 11.6 Å². The lowest BCUT2D eigenvalue weighted by molar-refractivity contribution is 0.0538. The van der Waals surface area contributed by atoms with Crippen LogP contribution in [0.15, 0.2) is 30.6 Å². The van der Waals surface area contributed by atoms with Crippen LogP contribution < -0.4 is 15.4 Å². The van der Waals surface area contributed by atoms with E-state index in [1.54, 1.807) is 6.07 Å². The number of amides is 2. The molecule has 25 heavy (non-hydrogen) atoms. The summed E-state index contributed by atoms with van der Waals surface area (Å²) in [6.45, 7) is -0.607. The van der Waals surface area contributed by atoms with Crippen LogP contribution in [0.1, 0.15) is 5.69 Å². The van der Waals surface area contributed by atoms with Gasteiger partial charge in [-0.15, -0.1) is 0 Å². The molecule has 4 N–H and O–H groups in total. The summed E-state index contributed by atoms with van der Waals surface area (Å²) in [7, 11) is 0. The van der Waals surface area contributed by atoms with Crippen molar-refractivity contribution in [3.05, 3.63) is 41.3 Å². The molecule has 0 aliphatic rings. The summed E-state index contributed by atoms with van der Waals surface area (Å²) in [5.74, 6) is 0.412. The molecule has 0 aliphatic carbocycles. The van der Waals surface area contributed by atoms with Gasteiger partial charge in [-0.1, -0.05) is 11.6 Å². The predicted molar refractivity (Wildman–Crippen MR) is 89.4 cm³/mol. The first-order valence-electron chi connectivity index (χ1n) is 7.03. The zero-order chi connectivity index (χ0) is 18.2. The number of hydrogen-bond donors (Lipinski definition) is 4. The number of carbonyl (C=O) groups is 1. The number of anilines is 2. The molecule has 0 unspecified atom stereocenters. The topological polar surface area (TPSA) is 140 Å². The number of nitriles is 1. The van der Waals surface area contributed by atoms with E-state index in [4.69, 9.17) is 26.7 Å². The predicted octanol–water partition coefficient (Wildman–Crippen LogP) is 1.38. The SMILES string of the molecule is N#Cc1cnc(NC(=O)Nc2cc(Cl)ccc2OC[C@H](O)CO)cn1. The summed E-state index contributed by atoms with van der Waals surface area (Å²) < 4.78 is 5.35. The lowest BCUT2D eigenvalue weighted by atomic mass is 10.3. The number of nitrogens with one attached hydrogen (secondary N) is 2. The molecule has 2 amide bonds. The highest BCUT2D eigenvalue weighted by Crippen LogP contribution is 2.28. The maximum Gasteiger partial charge on any atom is 0.325 e. The average molecular weight is 364 g/mol. The number of halogens is 1. The summed E-state index contributed by atoms with van der Waals surface area (Å²) in [6.07, 6.45) is 1.41. The second-order valence-electron chi connectivity index (χ2n) is 4.77. The van der Waals surface area contributed by atoms with E-state index in [0.717, 1.165) is 0 Å². The highest BCUT2D eigenvalue weighted by Gasteiger charge is 2.12. The number of aliphatic hydroxyl groups is 2. The summed E-state index contributed by atoms with van der Waals surface area (Å²) in [5, 5.41) is 32.2. The molecule has 0 spiro atoms. The number of aromatic nitrogens is 2. The molecule has 0 saturated heterocycles. The smallest absolute Gasteiger partial charge is 0.325 e. The maximum absolute atomic E-state index is 12.1. The second kappa shape index (κ2) is 8.79. The lowest BCUT2D eigenvalue weighted by Gasteiger charge is -2.15. The summed E-state index contributed by atoms with van der Waals surface area (Å²) in [4.78, 5) is 19.7. The highest BCUT2D eigenvalue weighted by molar-refractivity contribution is 6.31. The van der Waals surface area contributed by atoms with Gasteiger partial charge in [-0.3, -0.25) is 5.32 Å². The van der Waals surface area contributed by atoms with Crippen molar-refractivity contribution in [2.24, 2.45) is 0 Å². The van der Waals surface area contributed by atoms with Crippen molar-refractivity contribution < 1.29 is 19.7 Å². The summed E-state index contributed by atoms with van der Waals surface area (Å²) in [6, 6.07) is 5.72. The Hall–Kier alpha value is -2.93. The van der Waals surface area contributed by atoms with Crippen molar-refractivity contribution in [3.63, 3.8) is 0 Å². The Labute approximate surface area is 147 Å². The molecule has 0 fully saturated rings. The molecular weight excluding hydrogens is 350 g/mol. The molecule has 1 heterocycles. The highest BCUT2D eigenvalue weighted by atomic mass is 35.5. The Morgan fingerprint density at radius 3 is 2.80 bits per heavy atom. The monoisotopic (exact) mass is 363 g/mol. The zero-order valence-electron chi connectivity index (χ0n) is 12.8. The first kappa shape index (κ1) is 18.4. The van der Waals surface area contributed by atoms with E-state index in [-0.39, 0.29) is 29.6 Å². The Balaban J connectivity index is 2.05. The fraction of sp³-hybridized carbons (Fsp3) is 0.200. The van der Waals surface area contributed by atoms with Crippen LogP contribution in [0.5, 0.6) is 5.75 Å². The van der Waals surface area contributed by atoms with E-state index in [2.05, 4.69) is 20.6 Å². The van der Waals surface area contributed by atoms with E-state index in [0.29, 0.717) is 5.02 Å². The van der Waals surface area contributed by atoms with Crippen LogP contribution in [0, 0.1) is 11.3 Å². The van der Waals surface area contributed by atoms with E-state index in [9.17, 15) is 9.90 Å². The third kappa shape index (κ3) is 5.58. The Morgan fingerprint density at radius 2 is 2.16 bits per heavy atom. The molecule has 0 bridgehead atoms. The van der Waals surface area contributed by atoms with Gasteiger partial charge in [0.25, 0.3) is 0 Å². The first-order valence-corrected chi connectivity index (χ1v) is 7.41. The zero-order valence-corrected chi connectivity index (χ0v) is 13.6. The minimum Gasteiger partial charge on any atom is -0.489 e. The van der Waals surface area contributed by atoms with Crippen LogP contribution in [0.4, 0.5) is 16.3 Å². The van der Waals surface area contributed by atoms with Crippen LogP contribution in [0.2, 0.25) is 5.02 Å². The van der Waals surface area contributed by atoms with E-state index < -0.39 is 18.7 Å². The molecule has 10 heteroatoms. The number of benzene rings is 1. The van der Waals surface area contributed by atoms with Crippen molar-refractivity contribution >= 4 is 29.1 Å². The van der Waals surface area contributed by atoms with Gasteiger partial charge in [0.05, 0.1) is 24.7 Å². The van der Waals surface area contributed by atoms with Gasteiger partial charge in [-0.2, -0.15) is 5.26 Å².